The molecule has 1 aromatic heterocycles. The van der Waals surface area contributed by atoms with Gasteiger partial charge in [-0.25, -0.2) is 0 Å². The van der Waals surface area contributed by atoms with Crippen LogP contribution in [0.1, 0.15) is 31.2 Å². The first-order valence-electron chi connectivity index (χ1n) is 6.44. The van der Waals surface area contributed by atoms with Crippen molar-refractivity contribution in [2.75, 3.05) is 33.2 Å². The number of nitrogens with zero attached hydrogens (tertiary/aromatic N) is 2. The third-order valence-electron chi connectivity index (χ3n) is 3.50. The van der Waals surface area contributed by atoms with Gasteiger partial charge in [-0.1, -0.05) is 20.8 Å². The summed E-state index contributed by atoms with van der Waals surface area (Å²) in [7, 11) is 2.21. The van der Waals surface area contributed by atoms with Crippen molar-refractivity contribution < 1.29 is 0 Å². The highest BCUT2D eigenvalue weighted by atomic mass is 32.1. The molecule has 1 saturated heterocycles. The van der Waals surface area contributed by atoms with Crippen LogP contribution in [0.25, 0.3) is 0 Å². The molecule has 1 aromatic rings. The first-order valence-corrected chi connectivity index (χ1v) is 7.32. The zero-order valence-electron chi connectivity index (χ0n) is 11.5. The van der Waals surface area contributed by atoms with Crippen LogP contribution in [0.2, 0.25) is 0 Å². The van der Waals surface area contributed by atoms with E-state index < -0.39 is 0 Å². The van der Waals surface area contributed by atoms with Crippen LogP contribution >= 0.6 is 11.3 Å². The van der Waals surface area contributed by atoms with E-state index in [4.69, 9.17) is 0 Å². The SMILES string of the molecule is CN1CCN(Cc2cc(C(C)(C)C)cs2)CC1. The number of hydrogen-bond donors (Lipinski definition) is 0. The van der Waals surface area contributed by atoms with Crippen molar-refractivity contribution in [3.8, 4) is 0 Å². The fourth-order valence-electron chi connectivity index (χ4n) is 2.08. The molecule has 0 spiro atoms. The fourth-order valence-corrected chi connectivity index (χ4v) is 3.24. The van der Waals surface area contributed by atoms with Crippen molar-refractivity contribution in [2.45, 2.75) is 32.7 Å². The summed E-state index contributed by atoms with van der Waals surface area (Å²) < 4.78 is 0. The Balaban J connectivity index is 1.93. The van der Waals surface area contributed by atoms with Crippen LogP contribution < -0.4 is 0 Å². The number of thiophene rings is 1. The quantitative estimate of drug-likeness (QED) is 0.798. The Labute approximate surface area is 109 Å². The second-order valence-electron chi connectivity index (χ2n) is 6.13. The summed E-state index contributed by atoms with van der Waals surface area (Å²) in [6, 6.07) is 2.39. The van der Waals surface area contributed by atoms with E-state index in [2.05, 4.69) is 49.1 Å². The molecule has 0 aliphatic carbocycles. The van der Waals surface area contributed by atoms with Gasteiger partial charge in [-0.05, 0) is 29.5 Å². The van der Waals surface area contributed by atoms with Crippen LogP contribution in [-0.2, 0) is 12.0 Å². The summed E-state index contributed by atoms with van der Waals surface area (Å²) in [6.45, 7) is 12.8. The van der Waals surface area contributed by atoms with Gasteiger partial charge < -0.3 is 4.90 Å². The Morgan fingerprint density at radius 2 is 1.82 bits per heavy atom. The molecule has 3 heteroatoms. The average Bonchev–Trinajstić information content (AvgIpc) is 2.69. The molecule has 1 fully saturated rings. The van der Waals surface area contributed by atoms with Crippen LogP contribution in [0.3, 0.4) is 0 Å². The molecule has 1 aliphatic rings. The molecule has 0 bridgehead atoms. The van der Waals surface area contributed by atoms with Gasteiger partial charge in [-0.2, -0.15) is 0 Å². The minimum absolute atomic E-state index is 0.289. The van der Waals surface area contributed by atoms with E-state index in [9.17, 15) is 0 Å². The van der Waals surface area contributed by atoms with Gasteiger partial charge in [0.15, 0.2) is 0 Å². The van der Waals surface area contributed by atoms with Crippen molar-refractivity contribution in [1.82, 2.24) is 9.80 Å². The molecule has 2 rings (SSSR count). The molecule has 96 valence electrons. The largest absolute Gasteiger partial charge is 0.304 e. The minimum atomic E-state index is 0.289. The summed E-state index contributed by atoms with van der Waals surface area (Å²) in [5, 5.41) is 2.32. The molecular weight excluding hydrogens is 228 g/mol. The molecule has 0 saturated carbocycles. The maximum atomic E-state index is 2.57. The smallest absolute Gasteiger partial charge is 0.0329 e. The fraction of sp³-hybridized carbons (Fsp3) is 0.714. The highest BCUT2D eigenvalue weighted by Gasteiger charge is 2.18. The third-order valence-corrected chi connectivity index (χ3v) is 4.42. The zero-order valence-corrected chi connectivity index (χ0v) is 12.3. The molecule has 0 amide bonds. The van der Waals surface area contributed by atoms with Crippen molar-refractivity contribution in [1.29, 1.82) is 0 Å². The predicted octanol–water partition coefficient (Wildman–Crippen LogP) is 2.79. The standard InChI is InChI=1S/C14H24N2S/c1-14(2,3)12-9-13(17-11-12)10-16-7-5-15(4)6-8-16/h9,11H,5-8,10H2,1-4H3. The number of rotatable bonds is 2. The lowest BCUT2D eigenvalue weighted by Gasteiger charge is -2.31. The highest BCUT2D eigenvalue weighted by Crippen LogP contribution is 2.28. The molecule has 0 N–H and O–H groups in total. The van der Waals surface area contributed by atoms with Gasteiger partial charge in [0.25, 0.3) is 0 Å². The molecular formula is C14H24N2S. The Morgan fingerprint density at radius 1 is 1.18 bits per heavy atom. The van der Waals surface area contributed by atoms with Crippen LogP contribution in [0, 0.1) is 0 Å². The van der Waals surface area contributed by atoms with E-state index in [0.717, 1.165) is 6.54 Å². The van der Waals surface area contributed by atoms with E-state index in [-0.39, 0.29) is 5.41 Å². The van der Waals surface area contributed by atoms with E-state index in [1.807, 2.05) is 11.3 Å². The second-order valence-corrected chi connectivity index (χ2v) is 7.13. The highest BCUT2D eigenvalue weighted by molar-refractivity contribution is 7.10. The molecule has 0 radical (unpaired) electrons. The average molecular weight is 252 g/mol. The summed E-state index contributed by atoms with van der Waals surface area (Å²) in [5.41, 5.74) is 1.77. The summed E-state index contributed by atoms with van der Waals surface area (Å²) in [6.07, 6.45) is 0. The topological polar surface area (TPSA) is 6.48 Å². The van der Waals surface area contributed by atoms with E-state index in [1.165, 1.54) is 36.6 Å². The van der Waals surface area contributed by atoms with Gasteiger partial charge in [0, 0.05) is 37.6 Å². The van der Waals surface area contributed by atoms with Crippen molar-refractivity contribution >= 4 is 11.3 Å². The lowest BCUT2D eigenvalue weighted by atomic mass is 9.89. The summed E-state index contributed by atoms with van der Waals surface area (Å²) in [5.74, 6) is 0. The van der Waals surface area contributed by atoms with Gasteiger partial charge in [-0.15, -0.1) is 11.3 Å². The molecule has 1 aliphatic heterocycles. The third kappa shape index (κ3) is 3.54. The van der Waals surface area contributed by atoms with E-state index in [0.29, 0.717) is 0 Å². The molecule has 0 unspecified atom stereocenters. The maximum Gasteiger partial charge on any atom is 0.0329 e. The molecule has 2 nitrogen and oxygen atoms in total. The lowest BCUT2D eigenvalue weighted by Crippen LogP contribution is -2.43. The van der Waals surface area contributed by atoms with E-state index in [1.54, 1.807) is 0 Å². The Bertz CT molecular complexity index is 357. The second kappa shape index (κ2) is 5.09. The van der Waals surface area contributed by atoms with Gasteiger partial charge in [0.2, 0.25) is 0 Å². The first kappa shape index (κ1) is 13.1. The van der Waals surface area contributed by atoms with Crippen molar-refractivity contribution in [3.63, 3.8) is 0 Å². The van der Waals surface area contributed by atoms with Gasteiger partial charge in [0.05, 0.1) is 0 Å². The number of hydrogen-bond acceptors (Lipinski definition) is 3. The Kier molecular flexibility index (Phi) is 3.91. The lowest BCUT2D eigenvalue weighted by molar-refractivity contribution is 0.149. The van der Waals surface area contributed by atoms with Crippen molar-refractivity contribution in [2.24, 2.45) is 0 Å². The number of likely N-dealkylation sites (N-methyl/N-ethyl adjacent to an activating group) is 1. The zero-order chi connectivity index (χ0) is 12.5. The van der Waals surface area contributed by atoms with Crippen LogP contribution in [-0.4, -0.2) is 43.0 Å². The van der Waals surface area contributed by atoms with Gasteiger partial charge >= 0.3 is 0 Å². The van der Waals surface area contributed by atoms with Gasteiger partial charge in [0.1, 0.15) is 0 Å². The maximum absolute atomic E-state index is 2.57. The Morgan fingerprint density at radius 3 is 2.35 bits per heavy atom. The molecule has 2 heterocycles. The minimum Gasteiger partial charge on any atom is -0.304 e. The predicted molar refractivity (Wildman–Crippen MR) is 75.8 cm³/mol. The molecule has 17 heavy (non-hydrogen) atoms. The normalized spacial score (nSPS) is 19.8. The summed E-state index contributed by atoms with van der Waals surface area (Å²) >= 11 is 1.92. The van der Waals surface area contributed by atoms with Crippen molar-refractivity contribution in [3.05, 3.63) is 21.9 Å². The van der Waals surface area contributed by atoms with E-state index >= 15 is 0 Å². The first-order chi connectivity index (χ1) is 7.95. The monoisotopic (exact) mass is 252 g/mol. The molecule has 0 aromatic carbocycles. The Hall–Kier alpha value is -0.380. The molecule has 0 atom stereocenters. The van der Waals surface area contributed by atoms with Crippen LogP contribution in [0.5, 0.6) is 0 Å². The number of piperazine rings is 1. The summed E-state index contributed by atoms with van der Waals surface area (Å²) in [4.78, 5) is 6.49. The van der Waals surface area contributed by atoms with Gasteiger partial charge in [-0.3, -0.25) is 4.90 Å². The van der Waals surface area contributed by atoms with Crippen LogP contribution in [0.4, 0.5) is 0 Å². The van der Waals surface area contributed by atoms with Crippen LogP contribution in [0.15, 0.2) is 11.4 Å².